The molecule has 0 aromatic rings. The van der Waals surface area contributed by atoms with Gasteiger partial charge in [-0.25, -0.2) is 0 Å². The van der Waals surface area contributed by atoms with E-state index >= 15 is 0 Å². The third kappa shape index (κ3) is 3.25. The second-order valence-electron chi connectivity index (χ2n) is 6.70. The summed E-state index contributed by atoms with van der Waals surface area (Å²) in [6.07, 6.45) is 4.99. The van der Waals surface area contributed by atoms with Crippen molar-refractivity contribution >= 4 is 5.91 Å². The van der Waals surface area contributed by atoms with Gasteiger partial charge in [-0.2, -0.15) is 0 Å². The number of amides is 1. The first kappa shape index (κ1) is 15.3. The fraction of sp³-hybridized carbons (Fsp3) is 0.938. The Morgan fingerprint density at radius 3 is 2.95 bits per heavy atom. The summed E-state index contributed by atoms with van der Waals surface area (Å²) in [5, 5.41) is 0. The molecule has 2 aliphatic heterocycles. The van der Waals surface area contributed by atoms with Crippen LogP contribution in [0.3, 0.4) is 0 Å². The topological polar surface area (TPSA) is 48.0 Å². The summed E-state index contributed by atoms with van der Waals surface area (Å²) < 4.78 is 17.0. The number of rotatable bonds is 6. The van der Waals surface area contributed by atoms with Gasteiger partial charge in [0.1, 0.15) is 6.61 Å². The lowest BCUT2D eigenvalue weighted by Gasteiger charge is -2.26. The average Bonchev–Trinajstić information content (AvgIpc) is 3.17. The highest BCUT2D eigenvalue weighted by atomic mass is 16.5. The average molecular weight is 297 g/mol. The molecule has 1 aliphatic carbocycles. The zero-order chi connectivity index (χ0) is 14.7. The van der Waals surface area contributed by atoms with E-state index in [1.807, 2.05) is 11.8 Å². The van der Waals surface area contributed by atoms with E-state index in [2.05, 4.69) is 0 Å². The lowest BCUT2D eigenvalue weighted by atomic mass is 9.82. The second-order valence-corrected chi connectivity index (χ2v) is 6.70. The van der Waals surface area contributed by atoms with Crippen molar-refractivity contribution in [2.45, 2.75) is 38.7 Å². The predicted octanol–water partition coefficient (Wildman–Crippen LogP) is 1.46. The van der Waals surface area contributed by atoms with Crippen LogP contribution < -0.4 is 0 Å². The summed E-state index contributed by atoms with van der Waals surface area (Å²) in [4.78, 5) is 14.3. The van der Waals surface area contributed by atoms with Gasteiger partial charge in [0.25, 0.3) is 0 Å². The summed E-state index contributed by atoms with van der Waals surface area (Å²) in [5.74, 6) is 0.548. The highest BCUT2D eigenvalue weighted by Gasteiger charge is 2.51. The minimum absolute atomic E-state index is 0.0129. The molecule has 1 amide bonds. The van der Waals surface area contributed by atoms with Crippen LogP contribution in [0.4, 0.5) is 0 Å². The molecule has 0 spiro atoms. The summed E-state index contributed by atoms with van der Waals surface area (Å²) in [6, 6.07) is 0. The van der Waals surface area contributed by atoms with Crippen LogP contribution in [0.2, 0.25) is 0 Å². The van der Waals surface area contributed by atoms with Gasteiger partial charge in [0.05, 0.1) is 25.9 Å². The molecule has 3 aliphatic rings. The van der Waals surface area contributed by atoms with Crippen LogP contribution in [0.1, 0.15) is 32.6 Å². The first-order valence-corrected chi connectivity index (χ1v) is 8.28. The quantitative estimate of drug-likeness (QED) is 0.744. The maximum Gasteiger partial charge on any atom is 0.248 e. The Morgan fingerprint density at radius 2 is 2.19 bits per heavy atom. The lowest BCUT2D eigenvalue weighted by molar-refractivity contribution is -0.138. The van der Waals surface area contributed by atoms with Gasteiger partial charge in [-0.05, 0) is 19.8 Å². The molecule has 3 rings (SSSR count). The van der Waals surface area contributed by atoms with Crippen molar-refractivity contribution in [3.63, 3.8) is 0 Å². The smallest absolute Gasteiger partial charge is 0.248 e. The summed E-state index contributed by atoms with van der Waals surface area (Å²) in [6.45, 7) is 6.67. The molecule has 120 valence electrons. The highest BCUT2D eigenvalue weighted by molar-refractivity contribution is 5.78. The third-order valence-corrected chi connectivity index (χ3v) is 5.21. The molecule has 0 radical (unpaired) electrons. The van der Waals surface area contributed by atoms with E-state index < -0.39 is 0 Å². The first-order valence-electron chi connectivity index (χ1n) is 8.28. The molecule has 2 atom stereocenters. The fourth-order valence-electron chi connectivity index (χ4n) is 3.87. The molecule has 1 saturated carbocycles. The zero-order valence-corrected chi connectivity index (χ0v) is 13.0. The van der Waals surface area contributed by atoms with Crippen molar-refractivity contribution in [3.8, 4) is 0 Å². The molecular formula is C16H27NO4. The van der Waals surface area contributed by atoms with Gasteiger partial charge in [0.15, 0.2) is 0 Å². The third-order valence-electron chi connectivity index (χ3n) is 5.21. The molecule has 0 N–H and O–H groups in total. The molecule has 3 fully saturated rings. The number of carbonyl (C=O) groups excluding carboxylic acids is 1. The standard InChI is InChI=1S/C16H27NO4/c1-2-19-11-16-10-17(7-13(16)8-20-12-16)15(18)9-21-14-5-3-4-6-14/h13-14H,2-12H2,1H3/t13-,16-/m0/s1. The molecule has 0 aromatic carbocycles. The Labute approximate surface area is 126 Å². The number of nitrogens with zero attached hydrogens (tertiary/aromatic N) is 1. The molecular weight excluding hydrogens is 270 g/mol. The van der Waals surface area contributed by atoms with Gasteiger partial charge >= 0.3 is 0 Å². The number of hydrogen-bond acceptors (Lipinski definition) is 4. The van der Waals surface area contributed by atoms with E-state index in [4.69, 9.17) is 14.2 Å². The largest absolute Gasteiger partial charge is 0.381 e. The normalized spacial score (nSPS) is 32.8. The lowest BCUT2D eigenvalue weighted by Crippen LogP contribution is -2.38. The van der Waals surface area contributed by atoms with Gasteiger partial charge in [0, 0.05) is 31.0 Å². The number of ether oxygens (including phenoxy) is 3. The molecule has 5 nitrogen and oxygen atoms in total. The van der Waals surface area contributed by atoms with E-state index in [0.717, 1.165) is 32.5 Å². The van der Waals surface area contributed by atoms with Crippen LogP contribution in [0.25, 0.3) is 0 Å². The Morgan fingerprint density at radius 1 is 1.38 bits per heavy atom. The fourth-order valence-corrected chi connectivity index (χ4v) is 3.87. The predicted molar refractivity (Wildman–Crippen MR) is 78.0 cm³/mol. The SMILES string of the molecule is CCOC[C@@]12COC[C@@H]1CN(C(=O)COC1CCCC1)C2. The van der Waals surface area contributed by atoms with Gasteiger partial charge in [-0.15, -0.1) is 0 Å². The molecule has 0 unspecified atom stereocenters. The second kappa shape index (κ2) is 6.63. The first-order chi connectivity index (χ1) is 10.2. The Bertz CT molecular complexity index is 369. The van der Waals surface area contributed by atoms with Gasteiger partial charge < -0.3 is 19.1 Å². The van der Waals surface area contributed by atoms with Crippen LogP contribution in [0, 0.1) is 11.3 Å². The van der Waals surface area contributed by atoms with Crippen LogP contribution in [-0.2, 0) is 19.0 Å². The van der Waals surface area contributed by atoms with E-state index in [1.54, 1.807) is 0 Å². The monoisotopic (exact) mass is 297 g/mol. The van der Waals surface area contributed by atoms with Crippen molar-refractivity contribution in [3.05, 3.63) is 0 Å². The van der Waals surface area contributed by atoms with E-state index in [0.29, 0.717) is 31.8 Å². The summed E-state index contributed by atoms with van der Waals surface area (Å²) >= 11 is 0. The number of carbonyl (C=O) groups is 1. The highest BCUT2D eigenvalue weighted by Crippen LogP contribution is 2.41. The molecule has 5 heteroatoms. The van der Waals surface area contributed by atoms with E-state index in [1.165, 1.54) is 12.8 Å². The van der Waals surface area contributed by atoms with Crippen molar-refractivity contribution in [2.75, 3.05) is 46.1 Å². The molecule has 2 heterocycles. The van der Waals surface area contributed by atoms with Crippen molar-refractivity contribution in [1.82, 2.24) is 4.90 Å². The minimum Gasteiger partial charge on any atom is -0.381 e. The molecule has 21 heavy (non-hydrogen) atoms. The summed E-state index contributed by atoms with van der Waals surface area (Å²) in [5.41, 5.74) is 0.0129. The zero-order valence-electron chi connectivity index (χ0n) is 13.0. The number of likely N-dealkylation sites (tertiary alicyclic amines) is 1. The van der Waals surface area contributed by atoms with Crippen LogP contribution in [0.15, 0.2) is 0 Å². The summed E-state index contributed by atoms with van der Waals surface area (Å²) in [7, 11) is 0. The van der Waals surface area contributed by atoms with Crippen LogP contribution in [-0.4, -0.2) is 63.0 Å². The van der Waals surface area contributed by atoms with Crippen LogP contribution in [0.5, 0.6) is 0 Å². The molecule has 0 aromatic heterocycles. The minimum atomic E-state index is 0.0129. The molecule has 0 bridgehead atoms. The number of fused-ring (bicyclic) bond motifs is 1. The molecule has 2 saturated heterocycles. The van der Waals surface area contributed by atoms with Crippen molar-refractivity contribution < 1.29 is 19.0 Å². The number of hydrogen-bond donors (Lipinski definition) is 0. The van der Waals surface area contributed by atoms with Gasteiger partial charge in [-0.3, -0.25) is 4.79 Å². The van der Waals surface area contributed by atoms with E-state index in [-0.39, 0.29) is 17.9 Å². The van der Waals surface area contributed by atoms with Crippen molar-refractivity contribution in [2.24, 2.45) is 11.3 Å². The Hall–Kier alpha value is -0.650. The maximum absolute atomic E-state index is 12.4. The Kier molecular flexibility index (Phi) is 4.82. The van der Waals surface area contributed by atoms with Gasteiger partial charge in [0.2, 0.25) is 5.91 Å². The van der Waals surface area contributed by atoms with Crippen LogP contribution >= 0.6 is 0 Å². The van der Waals surface area contributed by atoms with E-state index in [9.17, 15) is 4.79 Å². The maximum atomic E-state index is 12.4. The Balaban J connectivity index is 1.51. The van der Waals surface area contributed by atoms with Gasteiger partial charge in [-0.1, -0.05) is 12.8 Å². The van der Waals surface area contributed by atoms with Crippen molar-refractivity contribution in [1.29, 1.82) is 0 Å².